The first-order valence-corrected chi connectivity index (χ1v) is 23.4. The molecular formula is C51H86O12. The summed E-state index contributed by atoms with van der Waals surface area (Å²) < 4.78 is 53.9. The minimum absolute atomic E-state index is 0.00286. The molecule has 15 atom stereocenters. The molecule has 0 aromatic carbocycles. The van der Waals surface area contributed by atoms with Gasteiger partial charge in [-0.15, -0.1) is 0 Å². The van der Waals surface area contributed by atoms with Gasteiger partial charge in [-0.2, -0.15) is 0 Å². The standard InChI is InChI=1S/C51H86O12/c1-16-44(58-12)36(6)43(52)25-22-34(4)50(61-15)38(8)51-35(5)21-24-40(55-9)30-45(59-13)33(3)20-23-41(56-10)31-46(60-14)37(7)47-28-39(29-49(54)62-47)27-42(57-11)26-32(2)18-17-19-48(53)63-51/h17-19,21,24,29,33-38,40-42,44-47,50-51H,16,20,22-23,25-28,30-31H2,1-15H3/b19-17+,24-21+,32-18+/t33-,34-,35-,36-,37+,38-,40-,41+,42+,44+,45-,46-,47+,50-,51-/m0/s1. The van der Waals surface area contributed by atoms with Gasteiger partial charge < -0.3 is 42.6 Å². The normalized spacial score (nSPS) is 33.3. The Morgan fingerprint density at radius 1 is 0.778 bits per heavy atom. The van der Waals surface area contributed by atoms with Crippen LogP contribution in [0, 0.1) is 35.5 Å². The summed E-state index contributed by atoms with van der Waals surface area (Å²) in [5.74, 6) is -1.17. The number of ketones is 1. The van der Waals surface area contributed by atoms with Crippen molar-refractivity contribution in [1.29, 1.82) is 0 Å². The monoisotopic (exact) mass is 891 g/mol. The van der Waals surface area contributed by atoms with Gasteiger partial charge in [-0.3, -0.25) is 4.79 Å². The fourth-order valence-electron chi connectivity index (χ4n) is 9.55. The van der Waals surface area contributed by atoms with E-state index in [1.807, 2.05) is 39.8 Å². The molecule has 2 heterocycles. The van der Waals surface area contributed by atoms with Gasteiger partial charge >= 0.3 is 11.9 Å². The number of allylic oxidation sites excluding steroid dienone is 2. The average molecular weight is 891 g/mol. The Balaban J connectivity index is 2.50. The number of hydrogen-bond donors (Lipinski definition) is 0. The lowest BCUT2D eigenvalue weighted by molar-refractivity contribution is -0.152. The maximum atomic E-state index is 13.6. The van der Waals surface area contributed by atoms with Crippen molar-refractivity contribution in [3.63, 3.8) is 0 Å². The highest BCUT2D eigenvalue weighted by atomic mass is 16.6. The number of methoxy groups -OCH3 is 7. The van der Waals surface area contributed by atoms with Crippen molar-refractivity contribution in [2.75, 3.05) is 49.8 Å². The van der Waals surface area contributed by atoms with Gasteiger partial charge in [-0.25, -0.2) is 9.59 Å². The van der Waals surface area contributed by atoms with Crippen molar-refractivity contribution in [2.24, 2.45) is 35.5 Å². The molecule has 0 aromatic heterocycles. The number of cyclic esters (lactones) is 1. The van der Waals surface area contributed by atoms with E-state index >= 15 is 0 Å². The van der Waals surface area contributed by atoms with Crippen LogP contribution in [0.2, 0.25) is 0 Å². The molecule has 0 unspecified atom stereocenters. The Labute approximate surface area is 381 Å². The molecule has 0 spiro atoms. The summed E-state index contributed by atoms with van der Waals surface area (Å²) in [6.07, 6.45) is 15.1. The quantitative estimate of drug-likeness (QED) is 0.108. The lowest BCUT2D eigenvalue weighted by atomic mass is 9.81. The predicted octanol–water partition coefficient (Wildman–Crippen LogP) is 9.23. The van der Waals surface area contributed by atoms with Crippen molar-refractivity contribution < 1.29 is 57.0 Å². The zero-order valence-corrected chi connectivity index (χ0v) is 41.6. The Hall–Kier alpha value is -2.71. The molecule has 0 aromatic rings. The van der Waals surface area contributed by atoms with Gasteiger partial charge in [0.15, 0.2) is 0 Å². The first-order chi connectivity index (χ1) is 30.0. The number of ether oxygens (including phenoxy) is 9. The molecule has 0 amide bonds. The van der Waals surface area contributed by atoms with E-state index in [9.17, 15) is 14.4 Å². The molecule has 0 N–H and O–H groups in total. The van der Waals surface area contributed by atoms with Gasteiger partial charge in [0.1, 0.15) is 18.0 Å². The molecular weight excluding hydrogens is 805 g/mol. The summed E-state index contributed by atoms with van der Waals surface area (Å²) in [4.78, 5) is 39.7. The molecule has 2 bridgehead atoms. The Kier molecular flexibility index (Phi) is 26.6. The highest BCUT2D eigenvalue weighted by Crippen LogP contribution is 2.33. The third kappa shape index (κ3) is 18.6. The van der Waals surface area contributed by atoms with E-state index in [1.54, 1.807) is 61.9 Å². The number of carbonyl (C=O) groups excluding carboxylic acids is 3. The molecule has 2 rings (SSSR count). The fourth-order valence-corrected chi connectivity index (χ4v) is 9.55. The van der Waals surface area contributed by atoms with Gasteiger partial charge in [0.05, 0.1) is 42.7 Å². The maximum absolute atomic E-state index is 13.6. The lowest BCUT2D eigenvalue weighted by Gasteiger charge is -2.35. The molecule has 0 aliphatic carbocycles. The van der Waals surface area contributed by atoms with E-state index in [-0.39, 0.29) is 96.1 Å². The average Bonchev–Trinajstić information content (AvgIpc) is 3.26. The second kappa shape index (κ2) is 29.7. The van der Waals surface area contributed by atoms with Gasteiger partial charge in [0.2, 0.25) is 0 Å². The van der Waals surface area contributed by atoms with Crippen molar-refractivity contribution >= 4 is 17.7 Å². The minimum Gasteiger partial charge on any atom is -0.458 e. The van der Waals surface area contributed by atoms with E-state index in [4.69, 9.17) is 42.6 Å². The van der Waals surface area contributed by atoms with Crippen LogP contribution in [-0.4, -0.2) is 122 Å². The fraction of sp³-hybridized carbons (Fsp3) is 0.784. The zero-order chi connectivity index (χ0) is 47.2. The van der Waals surface area contributed by atoms with Gasteiger partial charge in [0, 0.05) is 111 Å². The van der Waals surface area contributed by atoms with Crippen molar-refractivity contribution in [3.8, 4) is 0 Å². The molecule has 12 heteroatoms. The van der Waals surface area contributed by atoms with Crippen LogP contribution in [0.4, 0.5) is 0 Å². The first-order valence-electron chi connectivity index (χ1n) is 23.4. The first kappa shape index (κ1) is 56.4. The summed E-state index contributed by atoms with van der Waals surface area (Å²) in [7, 11) is 11.9. The van der Waals surface area contributed by atoms with Crippen molar-refractivity contribution in [1.82, 2.24) is 0 Å². The number of Topliss-reactive ketones (excluding diaryl/α,β-unsaturated/α-hetero) is 1. The Morgan fingerprint density at radius 2 is 1.46 bits per heavy atom. The predicted molar refractivity (Wildman–Crippen MR) is 247 cm³/mol. The van der Waals surface area contributed by atoms with E-state index in [2.05, 4.69) is 33.8 Å². The molecule has 2 aliphatic heterocycles. The van der Waals surface area contributed by atoms with Crippen molar-refractivity contribution in [3.05, 3.63) is 47.6 Å². The summed E-state index contributed by atoms with van der Waals surface area (Å²) in [5.41, 5.74) is 1.98. The topological polar surface area (TPSA) is 134 Å². The number of rotatable bonds is 16. The van der Waals surface area contributed by atoms with Crippen LogP contribution in [0.5, 0.6) is 0 Å². The van der Waals surface area contributed by atoms with E-state index in [0.29, 0.717) is 44.9 Å². The van der Waals surface area contributed by atoms with Crippen LogP contribution in [0.25, 0.3) is 0 Å². The van der Waals surface area contributed by atoms with Crippen LogP contribution in [0.1, 0.15) is 120 Å². The highest BCUT2D eigenvalue weighted by Gasteiger charge is 2.37. The molecule has 0 fully saturated rings. The van der Waals surface area contributed by atoms with Crippen LogP contribution in [-0.2, 0) is 57.0 Å². The number of fused-ring (bicyclic) bond motifs is 2. The largest absolute Gasteiger partial charge is 0.458 e. The summed E-state index contributed by atoms with van der Waals surface area (Å²) in [5, 5.41) is 0. The minimum atomic E-state index is -0.557. The summed E-state index contributed by atoms with van der Waals surface area (Å²) >= 11 is 0. The van der Waals surface area contributed by atoms with Gasteiger partial charge in [0.25, 0.3) is 0 Å². The highest BCUT2D eigenvalue weighted by molar-refractivity contribution is 5.84. The zero-order valence-electron chi connectivity index (χ0n) is 41.6. The summed E-state index contributed by atoms with van der Waals surface area (Å²) in [6, 6.07) is 0. The second-order valence-corrected chi connectivity index (χ2v) is 18.3. The van der Waals surface area contributed by atoms with E-state index in [1.165, 1.54) is 6.08 Å². The SMILES string of the molecule is CC[C@@H](OC)[C@@H](C)C(=O)CC[C@H](C)[C@H](OC)[C@H](C)[C@H]1OC(=O)/C=C/C=C(\C)C[C@@H](OC)CC2=CC(=O)O[C@H](C2)[C@H](C)[C@@H](OC)C[C@H](OC)CC[C@H](C)[C@@H](OC)C[C@@H](OC)/C=C/[C@@H]1C. The second-order valence-electron chi connectivity index (χ2n) is 18.3. The summed E-state index contributed by atoms with van der Waals surface area (Å²) in [6.45, 7) is 16.4. The molecule has 362 valence electrons. The van der Waals surface area contributed by atoms with Crippen molar-refractivity contribution in [2.45, 2.75) is 175 Å². The number of carbonyl (C=O) groups is 3. The van der Waals surface area contributed by atoms with Crippen LogP contribution in [0.3, 0.4) is 0 Å². The lowest BCUT2D eigenvalue weighted by Crippen LogP contribution is -2.41. The van der Waals surface area contributed by atoms with Crippen LogP contribution < -0.4 is 0 Å². The van der Waals surface area contributed by atoms with Gasteiger partial charge in [-0.05, 0) is 57.3 Å². The molecule has 63 heavy (non-hydrogen) atoms. The Bertz CT molecular complexity index is 1470. The molecule has 0 radical (unpaired) electrons. The van der Waals surface area contributed by atoms with E-state index in [0.717, 1.165) is 30.4 Å². The molecule has 0 saturated carbocycles. The molecule has 12 nitrogen and oxygen atoms in total. The smallest absolute Gasteiger partial charge is 0.331 e. The molecule has 2 aliphatic rings. The third-order valence-corrected chi connectivity index (χ3v) is 13.9. The Morgan fingerprint density at radius 3 is 2.05 bits per heavy atom. The maximum Gasteiger partial charge on any atom is 0.331 e. The third-order valence-electron chi connectivity index (χ3n) is 13.9. The van der Waals surface area contributed by atoms with Crippen LogP contribution in [0.15, 0.2) is 47.6 Å². The number of esters is 2. The van der Waals surface area contributed by atoms with Gasteiger partial charge in [-0.1, -0.05) is 83.9 Å². The van der Waals surface area contributed by atoms with E-state index < -0.39 is 12.1 Å². The molecule has 0 saturated heterocycles. The number of hydrogen-bond acceptors (Lipinski definition) is 12. The van der Waals surface area contributed by atoms with Crippen LogP contribution >= 0.6 is 0 Å².